The number of allylic oxidation sites excluding steroid dienone is 3. The molecule has 3 nitrogen and oxygen atoms in total. The predicted octanol–water partition coefficient (Wildman–Crippen LogP) is 4.12. The Balaban J connectivity index is 2.56. The summed E-state index contributed by atoms with van der Waals surface area (Å²) < 4.78 is 5.25. The van der Waals surface area contributed by atoms with E-state index in [4.69, 9.17) is 4.74 Å². The summed E-state index contributed by atoms with van der Waals surface area (Å²) in [7, 11) is 0. The maximum absolute atomic E-state index is 11.4. The highest BCUT2D eigenvalue weighted by molar-refractivity contribution is 5.89. The summed E-state index contributed by atoms with van der Waals surface area (Å²) in [6.07, 6.45) is 9.50. The minimum atomic E-state index is 0.122. The van der Waals surface area contributed by atoms with Gasteiger partial charge in [0.05, 0.1) is 6.61 Å². The van der Waals surface area contributed by atoms with Gasteiger partial charge < -0.3 is 9.84 Å². The lowest BCUT2D eigenvalue weighted by Crippen LogP contribution is -1.91. The fourth-order valence-corrected chi connectivity index (χ4v) is 1.68. The minimum absolute atomic E-state index is 0.122. The SMILES string of the molecule is CCCCC(=O)C=CC=Cc1ccc(OCC)c(O)c1. The van der Waals surface area contributed by atoms with E-state index in [1.54, 1.807) is 30.4 Å². The Hall–Kier alpha value is -2.03. The van der Waals surface area contributed by atoms with Gasteiger partial charge in [-0.1, -0.05) is 37.6 Å². The molecule has 0 atom stereocenters. The van der Waals surface area contributed by atoms with E-state index >= 15 is 0 Å². The van der Waals surface area contributed by atoms with Crippen LogP contribution in [0.15, 0.2) is 36.4 Å². The molecule has 108 valence electrons. The molecule has 0 aliphatic carbocycles. The van der Waals surface area contributed by atoms with Gasteiger partial charge in [0.15, 0.2) is 17.3 Å². The van der Waals surface area contributed by atoms with Gasteiger partial charge in [0.25, 0.3) is 0 Å². The molecular formula is C17H22O3. The normalized spacial score (nSPS) is 11.3. The molecule has 3 heteroatoms. The summed E-state index contributed by atoms with van der Waals surface area (Å²) in [6, 6.07) is 5.22. The van der Waals surface area contributed by atoms with Crippen molar-refractivity contribution in [1.82, 2.24) is 0 Å². The van der Waals surface area contributed by atoms with Crippen LogP contribution in [-0.4, -0.2) is 17.5 Å². The first-order chi connectivity index (χ1) is 9.67. The Labute approximate surface area is 120 Å². The number of rotatable bonds is 8. The Morgan fingerprint density at radius 3 is 2.75 bits per heavy atom. The van der Waals surface area contributed by atoms with Crippen LogP contribution in [0.25, 0.3) is 6.08 Å². The van der Waals surface area contributed by atoms with Crippen LogP contribution in [0.5, 0.6) is 11.5 Å². The number of phenols is 1. The van der Waals surface area contributed by atoms with Crippen molar-refractivity contribution in [2.24, 2.45) is 0 Å². The van der Waals surface area contributed by atoms with Gasteiger partial charge in [-0.25, -0.2) is 0 Å². The zero-order valence-electron chi connectivity index (χ0n) is 12.1. The van der Waals surface area contributed by atoms with E-state index in [2.05, 4.69) is 6.92 Å². The highest BCUT2D eigenvalue weighted by Gasteiger charge is 2.00. The number of ether oxygens (including phenoxy) is 1. The molecule has 1 N–H and O–H groups in total. The zero-order valence-corrected chi connectivity index (χ0v) is 12.1. The van der Waals surface area contributed by atoms with Crippen LogP contribution in [0.3, 0.4) is 0 Å². The van der Waals surface area contributed by atoms with E-state index in [-0.39, 0.29) is 11.5 Å². The van der Waals surface area contributed by atoms with E-state index in [1.165, 1.54) is 0 Å². The topological polar surface area (TPSA) is 46.5 Å². The van der Waals surface area contributed by atoms with Crippen LogP contribution in [0, 0.1) is 0 Å². The van der Waals surface area contributed by atoms with Gasteiger partial charge in [0, 0.05) is 6.42 Å². The molecule has 1 aromatic rings. The van der Waals surface area contributed by atoms with Gasteiger partial charge in [-0.05, 0) is 37.1 Å². The number of phenolic OH excluding ortho intramolecular Hbond substituents is 1. The molecule has 0 amide bonds. The molecule has 0 heterocycles. The first kappa shape index (κ1) is 16.0. The molecule has 0 aromatic heterocycles. The lowest BCUT2D eigenvalue weighted by molar-refractivity contribution is -0.114. The van der Waals surface area contributed by atoms with Crippen molar-refractivity contribution in [3.63, 3.8) is 0 Å². The van der Waals surface area contributed by atoms with Crippen molar-refractivity contribution in [3.8, 4) is 11.5 Å². The molecule has 0 unspecified atom stereocenters. The minimum Gasteiger partial charge on any atom is -0.504 e. The molecule has 0 fully saturated rings. The molecule has 0 spiro atoms. The molecule has 0 aliphatic heterocycles. The molecule has 1 rings (SSSR count). The highest BCUT2D eigenvalue weighted by Crippen LogP contribution is 2.27. The fraction of sp³-hybridized carbons (Fsp3) is 0.353. The fourth-order valence-electron chi connectivity index (χ4n) is 1.68. The number of ketones is 1. The summed E-state index contributed by atoms with van der Waals surface area (Å²) >= 11 is 0. The van der Waals surface area contributed by atoms with Crippen molar-refractivity contribution >= 4 is 11.9 Å². The second kappa shape index (κ2) is 8.97. The Morgan fingerprint density at radius 2 is 2.10 bits per heavy atom. The van der Waals surface area contributed by atoms with Crippen molar-refractivity contribution in [2.45, 2.75) is 33.1 Å². The maximum Gasteiger partial charge on any atom is 0.160 e. The third-order valence-corrected chi connectivity index (χ3v) is 2.74. The van der Waals surface area contributed by atoms with E-state index < -0.39 is 0 Å². The average Bonchev–Trinajstić information content (AvgIpc) is 2.44. The number of carbonyl (C=O) groups is 1. The summed E-state index contributed by atoms with van der Waals surface area (Å²) in [6.45, 7) is 4.45. The Morgan fingerprint density at radius 1 is 1.30 bits per heavy atom. The number of hydrogen-bond donors (Lipinski definition) is 1. The van der Waals surface area contributed by atoms with Crippen molar-refractivity contribution in [1.29, 1.82) is 0 Å². The van der Waals surface area contributed by atoms with Crippen LogP contribution >= 0.6 is 0 Å². The molecule has 0 aliphatic rings. The van der Waals surface area contributed by atoms with Gasteiger partial charge in [0.2, 0.25) is 0 Å². The number of hydrogen-bond acceptors (Lipinski definition) is 3. The summed E-state index contributed by atoms with van der Waals surface area (Å²) in [5, 5.41) is 9.73. The van der Waals surface area contributed by atoms with Gasteiger partial charge in [0.1, 0.15) is 0 Å². The molecule has 0 bridgehead atoms. The van der Waals surface area contributed by atoms with Crippen LogP contribution < -0.4 is 4.74 Å². The maximum atomic E-state index is 11.4. The van der Waals surface area contributed by atoms with Gasteiger partial charge in [-0.3, -0.25) is 4.79 Å². The smallest absolute Gasteiger partial charge is 0.160 e. The highest BCUT2D eigenvalue weighted by atomic mass is 16.5. The predicted molar refractivity (Wildman–Crippen MR) is 82.0 cm³/mol. The van der Waals surface area contributed by atoms with E-state index in [0.717, 1.165) is 18.4 Å². The third kappa shape index (κ3) is 5.74. The summed E-state index contributed by atoms with van der Waals surface area (Å²) in [5.74, 6) is 0.748. The Bertz CT molecular complexity index is 487. The molecule has 20 heavy (non-hydrogen) atoms. The van der Waals surface area contributed by atoms with E-state index in [1.807, 2.05) is 19.1 Å². The molecule has 0 saturated carbocycles. The average molecular weight is 274 g/mol. The van der Waals surface area contributed by atoms with E-state index in [0.29, 0.717) is 18.8 Å². The third-order valence-electron chi connectivity index (χ3n) is 2.74. The number of carbonyl (C=O) groups excluding carboxylic acids is 1. The standard InChI is InChI=1S/C17H22O3/c1-3-5-9-15(18)10-7-6-8-14-11-12-17(20-4-2)16(19)13-14/h6-8,10-13,19H,3-5,9H2,1-2H3. The molecule has 0 radical (unpaired) electrons. The monoisotopic (exact) mass is 274 g/mol. The summed E-state index contributed by atoms with van der Waals surface area (Å²) in [4.78, 5) is 11.4. The second-order valence-corrected chi connectivity index (χ2v) is 4.45. The number of unbranched alkanes of at least 4 members (excludes halogenated alkanes) is 1. The van der Waals surface area contributed by atoms with E-state index in [9.17, 15) is 9.90 Å². The Kier molecular flexibility index (Phi) is 7.18. The zero-order chi connectivity index (χ0) is 14.8. The molecule has 0 saturated heterocycles. The lowest BCUT2D eigenvalue weighted by atomic mass is 10.1. The number of benzene rings is 1. The largest absolute Gasteiger partial charge is 0.504 e. The lowest BCUT2D eigenvalue weighted by Gasteiger charge is -2.05. The first-order valence-electron chi connectivity index (χ1n) is 7.00. The molecule has 1 aromatic carbocycles. The van der Waals surface area contributed by atoms with Crippen LogP contribution in [0.4, 0.5) is 0 Å². The first-order valence-corrected chi connectivity index (χ1v) is 7.00. The van der Waals surface area contributed by atoms with Crippen LogP contribution in [0.1, 0.15) is 38.7 Å². The van der Waals surface area contributed by atoms with Crippen molar-refractivity contribution in [2.75, 3.05) is 6.61 Å². The van der Waals surface area contributed by atoms with Crippen LogP contribution in [0.2, 0.25) is 0 Å². The second-order valence-electron chi connectivity index (χ2n) is 4.45. The quantitative estimate of drug-likeness (QED) is 0.573. The van der Waals surface area contributed by atoms with Gasteiger partial charge >= 0.3 is 0 Å². The summed E-state index contributed by atoms with van der Waals surface area (Å²) in [5.41, 5.74) is 0.858. The number of aromatic hydroxyl groups is 1. The van der Waals surface area contributed by atoms with Gasteiger partial charge in [-0.2, -0.15) is 0 Å². The van der Waals surface area contributed by atoms with Crippen molar-refractivity contribution < 1.29 is 14.6 Å². The van der Waals surface area contributed by atoms with Crippen molar-refractivity contribution in [3.05, 3.63) is 42.0 Å². The molecular weight excluding hydrogens is 252 g/mol. The van der Waals surface area contributed by atoms with Crippen LogP contribution in [-0.2, 0) is 4.79 Å². The van der Waals surface area contributed by atoms with Gasteiger partial charge in [-0.15, -0.1) is 0 Å².